The summed E-state index contributed by atoms with van der Waals surface area (Å²) in [6.45, 7) is 17.4. The van der Waals surface area contributed by atoms with E-state index in [9.17, 15) is 24.3 Å². The minimum atomic E-state index is -1.50. The van der Waals surface area contributed by atoms with Crippen LogP contribution in [0, 0.1) is 16.7 Å². The zero-order valence-corrected chi connectivity index (χ0v) is 32.0. The number of amides is 4. The fraction of sp³-hybridized carbons (Fsp3) is 0.488. The number of fused-ring (bicyclic) bond motifs is 1. The molecule has 1 aromatic heterocycles. The lowest BCUT2D eigenvalue weighted by atomic mass is 9.84. The van der Waals surface area contributed by atoms with Gasteiger partial charge in [-0.05, 0) is 35.8 Å². The largest absolute Gasteiger partial charge is 0.497 e. The van der Waals surface area contributed by atoms with Crippen LogP contribution in [0.4, 0.5) is 4.79 Å². The van der Waals surface area contributed by atoms with Gasteiger partial charge in [0.25, 0.3) is 0 Å². The molecule has 2 unspecified atom stereocenters. The van der Waals surface area contributed by atoms with Gasteiger partial charge in [-0.15, -0.1) is 6.58 Å². The van der Waals surface area contributed by atoms with Gasteiger partial charge in [-0.1, -0.05) is 84.9 Å². The molecule has 0 radical (unpaired) electrons. The van der Waals surface area contributed by atoms with Crippen molar-refractivity contribution in [3.8, 4) is 22.8 Å². The van der Waals surface area contributed by atoms with Gasteiger partial charge in [-0.3, -0.25) is 9.59 Å². The number of methoxy groups -OCH3 is 1. The van der Waals surface area contributed by atoms with Gasteiger partial charge in [0, 0.05) is 41.5 Å². The van der Waals surface area contributed by atoms with Crippen LogP contribution in [0.1, 0.15) is 67.7 Å². The SMILES string of the molecule is C=C[C@H]1CC1(NC(=O)[C@@H]1C[C@@H](Oc2cc(-c3ccccc3)nc3cc(OC)ccc23)CN1C(=O)[C@@H](NC(=O)NC(CC)C(C)(C)C)C(C)(C)C)C(=O)O. The number of ether oxygens (including phenoxy) is 2. The second-order valence-corrected chi connectivity index (χ2v) is 16.3. The minimum absolute atomic E-state index is 0.0119. The first kappa shape index (κ1) is 39.1. The second-order valence-electron chi connectivity index (χ2n) is 16.3. The van der Waals surface area contributed by atoms with Crippen molar-refractivity contribution >= 4 is 34.7 Å². The smallest absolute Gasteiger partial charge is 0.330 e. The average Bonchev–Trinajstić information content (AvgIpc) is 3.67. The predicted molar refractivity (Wildman–Crippen MR) is 204 cm³/mol. The van der Waals surface area contributed by atoms with Crippen LogP contribution in [0.3, 0.4) is 0 Å². The van der Waals surface area contributed by atoms with Gasteiger partial charge in [0.2, 0.25) is 11.8 Å². The number of rotatable bonds is 12. The summed E-state index contributed by atoms with van der Waals surface area (Å²) in [5, 5.41) is 19.5. The third-order valence-electron chi connectivity index (χ3n) is 10.4. The number of carbonyl (C=O) groups is 4. The first-order chi connectivity index (χ1) is 24.9. The number of pyridine rings is 1. The maximum atomic E-state index is 14.6. The molecule has 1 saturated carbocycles. The molecule has 2 aromatic carbocycles. The van der Waals surface area contributed by atoms with E-state index in [-0.39, 0.29) is 30.8 Å². The fourth-order valence-corrected chi connectivity index (χ4v) is 7.11. The number of carboxylic acid groups (broad SMARTS) is 1. The third-order valence-corrected chi connectivity index (χ3v) is 10.4. The van der Waals surface area contributed by atoms with E-state index in [2.05, 4.69) is 22.5 Å². The molecule has 1 aliphatic carbocycles. The van der Waals surface area contributed by atoms with Crippen LogP contribution in [-0.4, -0.2) is 82.2 Å². The lowest BCUT2D eigenvalue weighted by molar-refractivity contribution is -0.146. The summed E-state index contributed by atoms with van der Waals surface area (Å²) in [6.07, 6.45) is 1.83. The monoisotopic (exact) mass is 727 g/mol. The molecule has 53 heavy (non-hydrogen) atoms. The van der Waals surface area contributed by atoms with Gasteiger partial charge in [0.1, 0.15) is 35.2 Å². The van der Waals surface area contributed by atoms with Crippen LogP contribution in [0.15, 0.2) is 67.3 Å². The molecule has 284 valence electrons. The number of carbonyl (C=O) groups excluding carboxylic acids is 3. The van der Waals surface area contributed by atoms with Crippen LogP contribution in [0.2, 0.25) is 0 Å². The number of aromatic nitrogens is 1. The van der Waals surface area contributed by atoms with Crippen molar-refractivity contribution in [1.29, 1.82) is 0 Å². The topological polar surface area (TPSA) is 159 Å². The van der Waals surface area contributed by atoms with Gasteiger partial charge in [-0.25, -0.2) is 14.6 Å². The molecular formula is C41H53N5O7. The molecule has 12 nitrogen and oxygen atoms in total. The number of benzene rings is 2. The molecule has 12 heteroatoms. The highest BCUT2D eigenvalue weighted by atomic mass is 16.5. The standard InChI is InChI=1S/C41H53N5O7/c1-10-25-22-41(25,37(49)50)45-35(47)31-20-27(23-46(31)36(48)34(40(6,7)8)44-38(51)43-33(11-2)39(3,4)5)53-32-21-29(24-15-13-12-14-16-24)42-30-19-26(52-9)17-18-28(30)32/h10,12-19,21,25,27,31,33-34H,1,11,20,22-23H2,2-9H3,(H,45,47)(H,49,50)(H2,43,44,51)/t25-,27+,31-,33?,34+,41?/m0/s1. The number of aliphatic carboxylic acids is 1. The number of nitrogens with one attached hydrogen (secondary N) is 3. The highest BCUT2D eigenvalue weighted by molar-refractivity contribution is 5.96. The molecule has 4 N–H and O–H groups in total. The van der Waals surface area contributed by atoms with E-state index < -0.39 is 58.9 Å². The van der Waals surface area contributed by atoms with Crippen molar-refractivity contribution in [3.63, 3.8) is 0 Å². The molecule has 4 amide bonds. The molecule has 2 heterocycles. The van der Waals surface area contributed by atoms with E-state index in [1.165, 1.54) is 11.0 Å². The first-order valence-corrected chi connectivity index (χ1v) is 18.2. The Balaban J connectivity index is 1.50. The van der Waals surface area contributed by atoms with Gasteiger partial charge in [0.05, 0.1) is 24.9 Å². The van der Waals surface area contributed by atoms with E-state index in [4.69, 9.17) is 14.5 Å². The van der Waals surface area contributed by atoms with Crippen molar-refractivity contribution in [2.24, 2.45) is 16.7 Å². The molecule has 1 saturated heterocycles. The number of likely N-dealkylation sites (tertiary alicyclic amines) is 1. The van der Waals surface area contributed by atoms with Crippen LogP contribution < -0.4 is 25.4 Å². The quantitative estimate of drug-likeness (QED) is 0.167. The number of nitrogens with zero attached hydrogens (tertiary/aromatic N) is 2. The Morgan fingerprint density at radius 3 is 2.30 bits per heavy atom. The average molecular weight is 728 g/mol. The van der Waals surface area contributed by atoms with Gasteiger partial charge in [0.15, 0.2) is 0 Å². The van der Waals surface area contributed by atoms with Crippen LogP contribution >= 0.6 is 0 Å². The highest BCUT2D eigenvalue weighted by Crippen LogP contribution is 2.45. The second kappa shape index (κ2) is 15.1. The number of carboxylic acids is 1. The van der Waals surface area contributed by atoms with E-state index in [1.54, 1.807) is 7.11 Å². The third kappa shape index (κ3) is 8.42. The van der Waals surface area contributed by atoms with Crippen LogP contribution in [-0.2, 0) is 14.4 Å². The summed E-state index contributed by atoms with van der Waals surface area (Å²) in [7, 11) is 1.58. The lowest BCUT2D eigenvalue weighted by Gasteiger charge is -2.37. The summed E-state index contributed by atoms with van der Waals surface area (Å²) in [5.74, 6) is -1.57. The Labute approximate surface area is 311 Å². The molecule has 3 aromatic rings. The van der Waals surface area contributed by atoms with Crippen molar-refractivity contribution < 1.29 is 33.8 Å². The minimum Gasteiger partial charge on any atom is -0.497 e. The van der Waals surface area contributed by atoms with E-state index in [0.717, 1.165) is 5.56 Å². The maximum Gasteiger partial charge on any atom is 0.330 e. The van der Waals surface area contributed by atoms with Gasteiger partial charge >= 0.3 is 12.0 Å². The highest BCUT2D eigenvalue weighted by Gasteiger charge is 2.61. The Hall–Kier alpha value is -5.13. The zero-order chi connectivity index (χ0) is 38.9. The van der Waals surface area contributed by atoms with Crippen molar-refractivity contribution in [2.45, 2.75) is 97.5 Å². The predicted octanol–water partition coefficient (Wildman–Crippen LogP) is 5.94. The molecule has 0 spiro atoms. The van der Waals surface area contributed by atoms with Gasteiger partial charge < -0.3 is 35.4 Å². The van der Waals surface area contributed by atoms with E-state index >= 15 is 0 Å². The van der Waals surface area contributed by atoms with Crippen molar-refractivity contribution in [3.05, 3.63) is 67.3 Å². The van der Waals surface area contributed by atoms with E-state index in [1.807, 2.05) is 103 Å². The number of hydrogen-bond donors (Lipinski definition) is 4. The Morgan fingerprint density at radius 1 is 1.04 bits per heavy atom. The lowest BCUT2D eigenvalue weighted by Crippen LogP contribution is -2.61. The Kier molecular flexibility index (Phi) is 11.1. The van der Waals surface area contributed by atoms with Gasteiger partial charge in [-0.2, -0.15) is 0 Å². The maximum absolute atomic E-state index is 14.6. The van der Waals surface area contributed by atoms with Crippen LogP contribution in [0.5, 0.6) is 11.5 Å². The normalized spacial score (nSPS) is 22.3. The summed E-state index contributed by atoms with van der Waals surface area (Å²) in [6, 6.07) is 14.2. The van der Waals surface area contributed by atoms with Crippen molar-refractivity contribution in [2.75, 3.05) is 13.7 Å². The van der Waals surface area contributed by atoms with Crippen LogP contribution in [0.25, 0.3) is 22.2 Å². The molecular weight excluding hydrogens is 674 g/mol. The number of urea groups is 1. The molecule has 0 bridgehead atoms. The molecule has 5 rings (SSSR count). The number of hydrogen-bond acceptors (Lipinski definition) is 7. The Morgan fingerprint density at radius 2 is 1.74 bits per heavy atom. The molecule has 1 aliphatic heterocycles. The van der Waals surface area contributed by atoms with E-state index in [0.29, 0.717) is 34.5 Å². The summed E-state index contributed by atoms with van der Waals surface area (Å²) >= 11 is 0. The summed E-state index contributed by atoms with van der Waals surface area (Å²) < 4.78 is 12.2. The molecule has 2 aliphatic rings. The zero-order valence-electron chi connectivity index (χ0n) is 32.0. The molecule has 6 atom stereocenters. The van der Waals surface area contributed by atoms with Crippen molar-refractivity contribution in [1.82, 2.24) is 25.8 Å². The molecule has 2 fully saturated rings. The Bertz CT molecular complexity index is 1870. The summed E-state index contributed by atoms with van der Waals surface area (Å²) in [4.78, 5) is 60.8. The first-order valence-electron chi connectivity index (χ1n) is 18.2. The fourth-order valence-electron chi connectivity index (χ4n) is 7.11. The summed E-state index contributed by atoms with van der Waals surface area (Å²) in [5.41, 5.74) is -0.298.